The molecule has 1 saturated heterocycles. The summed E-state index contributed by atoms with van der Waals surface area (Å²) in [6.07, 6.45) is 10.8. The van der Waals surface area contributed by atoms with Crippen LogP contribution < -0.4 is 0 Å². The molecule has 0 aromatic carbocycles. The first-order valence-electron chi connectivity index (χ1n) is 8.80. The van der Waals surface area contributed by atoms with Crippen molar-refractivity contribution in [2.45, 2.75) is 84.0 Å². The van der Waals surface area contributed by atoms with Gasteiger partial charge in [0.25, 0.3) is 0 Å². The molecule has 2 aliphatic heterocycles. The lowest BCUT2D eigenvalue weighted by Gasteiger charge is -2.13. The van der Waals surface area contributed by atoms with Gasteiger partial charge in [-0.1, -0.05) is 17.2 Å². The molecule has 0 spiro atoms. The van der Waals surface area contributed by atoms with E-state index in [2.05, 4.69) is 32.9 Å². The molecule has 1 aliphatic carbocycles. The van der Waals surface area contributed by atoms with Crippen molar-refractivity contribution < 1.29 is 14.3 Å². The summed E-state index contributed by atoms with van der Waals surface area (Å²) in [5, 5.41) is 0. The highest BCUT2D eigenvalue weighted by Gasteiger charge is 2.51. The molecule has 3 heteroatoms. The van der Waals surface area contributed by atoms with Gasteiger partial charge in [-0.05, 0) is 77.9 Å². The fraction of sp³-hybridized carbons (Fsp3) is 0.650. The van der Waals surface area contributed by atoms with Crippen molar-refractivity contribution in [3.8, 4) is 0 Å². The van der Waals surface area contributed by atoms with Crippen molar-refractivity contribution in [2.75, 3.05) is 0 Å². The Bertz CT molecular complexity index is 596. The number of hydrogen-bond acceptors (Lipinski definition) is 3. The number of carbonyl (C=O) groups is 1. The lowest BCUT2D eigenvalue weighted by Crippen LogP contribution is -2.13. The predicted molar refractivity (Wildman–Crippen MR) is 91.1 cm³/mol. The Balaban J connectivity index is 1.81. The monoisotopic (exact) mass is 316 g/mol. The van der Waals surface area contributed by atoms with Crippen LogP contribution in [-0.4, -0.2) is 23.8 Å². The second-order valence-electron chi connectivity index (χ2n) is 7.54. The summed E-state index contributed by atoms with van der Waals surface area (Å²) in [4.78, 5) is 11.9. The molecule has 23 heavy (non-hydrogen) atoms. The van der Waals surface area contributed by atoms with Gasteiger partial charge in [0.15, 0.2) is 0 Å². The van der Waals surface area contributed by atoms with E-state index in [0.717, 1.165) is 49.7 Å². The SMILES string of the molecule is CC1=C2CC[C@@H]3O[C@]3(C)CC/C(C)=C/CC/C(C)=C/[C@@H]2OC1=O. The van der Waals surface area contributed by atoms with Crippen molar-refractivity contribution in [2.24, 2.45) is 0 Å². The highest BCUT2D eigenvalue weighted by atomic mass is 16.6. The second kappa shape index (κ2) is 6.27. The first-order valence-corrected chi connectivity index (χ1v) is 8.80. The molecular formula is C20H28O3. The lowest BCUT2D eigenvalue weighted by atomic mass is 9.91. The van der Waals surface area contributed by atoms with Crippen molar-refractivity contribution >= 4 is 5.97 Å². The molecule has 3 nitrogen and oxygen atoms in total. The molecule has 1 fully saturated rings. The zero-order chi connectivity index (χ0) is 16.6. The number of hydrogen-bond donors (Lipinski definition) is 0. The molecule has 0 bridgehead atoms. The number of rotatable bonds is 0. The van der Waals surface area contributed by atoms with E-state index < -0.39 is 0 Å². The molecule has 0 N–H and O–H groups in total. The van der Waals surface area contributed by atoms with E-state index in [1.807, 2.05) is 6.92 Å². The summed E-state index contributed by atoms with van der Waals surface area (Å²) >= 11 is 0. The average Bonchev–Trinajstić information content (AvgIpc) is 3.06. The molecule has 2 heterocycles. The second-order valence-corrected chi connectivity index (χ2v) is 7.54. The Kier molecular flexibility index (Phi) is 4.50. The first kappa shape index (κ1) is 16.5. The van der Waals surface area contributed by atoms with Crippen LogP contribution in [0.1, 0.15) is 66.2 Å². The summed E-state index contributed by atoms with van der Waals surface area (Å²) in [6.45, 7) is 8.46. The van der Waals surface area contributed by atoms with E-state index in [-0.39, 0.29) is 17.7 Å². The highest BCUT2D eigenvalue weighted by Crippen LogP contribution is 2.45. The van der Waals surface area contributed by atoms with Gasteiger partial charge in [0.2, 0.25) is 0 Å². The van der Waals surface area contributed by atoms with Crippen molar-refractivity contribution in [3.05, 3.63) is 34.4 Å². The normalized spacial score (nSPS) is 40.1. The van der Waals surface area contributed by atoms with Crippen LogP contribution in [0.3, 0.4) is 0 Å². The third-order valence-electron chi connectivity index (χ3n) is 5.56. The van der Waals surface area contributed by atoms with E-state index in [0.29, 0.717) is 6.10 Å². The standard InChI is InChI=1S/C20H28O3/c1-13-6-5-7-14(2)12-17-16(15(3)19(21)22-17)8-9-18-20(4,23-18)11-10-13/h6,12,17-18H,5,7-11H2,1-4H3/b13-6+,14-12+/t17-,18-,20+/m0/s1. The van der Waals surface area contributed by atoms with Crippen LogP contribution in [0.25, 0.3) is 0 Å². The van der Waals surface area contributed by atoms with Crippen LogP contribution in [0, 0.1) is 0 Å². The molecule has 0 aromatic rings. The van der Waals surface area contributed by atoms with Crippen molar-refractivity contribution in [3.63, 3.8) is 0 Å². The van der Waals surface area contributed by atoms with E-state index in [1.165, 1.54) is 11.1 Å². The molecule has 3 rings (SSSR count). The maximum absolute atomic E-state index is 11.9. The van der Waals surface area contributed by atoms with Gasteiger partial charge in [-0.25, -0.2) is 4.79 Å². The Morgan fingerprint density at radius 1 is 1.13 bits per heavy atom. The number of allylic oxidation sites excluding steroid dienone is 3. The van der Waals surface area contributed by atoms with Gasteiger partial charge in [-0.2, -0.15) is 0 Å². The minimum Gasteiger partial charge on any atom is -0.450 e. The quantitative estimate of drug-likeness (QED) is 0.371. The van der Waals surface area contributed by atoms with Gasteiger partial charge in [0.1, 0.15) is 6.10 Å². The molecule has 0 unspecified atom stereocenters. The summed E-state index contributed by atoms with van der Waals surface area (Å²) in [6, 6.07) is 0. The Labute approximate surface area is 139 Å². The fourth-order valence-electron chi connectivity index (χ4n) is 3.68. The number of fused-ring (bicyclic) bond motifs is 2. The molecule has 126 valence electrons. The largest absolute Gasteiger partial charge is 0.450 e. The van der Waals surface area contributed by atoms with Gasteiger partial charge in [-0.15, -0.1) is 0 Å². The third kappa shape index (κ3) is 3.60. The predicted octanol–water partition coefficient (Wildman–Crippen LogP) is 4.63. The molecule has 0 aromatic heterocycles. The van der Waals surface area contributed by atoms with E-state index in [4.69, 9.17) is 9.47 Å². The summed E-state index contributed by atoms with van der Waals surface area (Å²) < 4.78 is 11.5. The topological polar surface area (TPSA) is 38.8 Å². The number of epoxide rings is 1. The van der Waals surface area contributed by atoms with Gasteiger partial charge in [0, 0.05) is 5.57 Å². The molecule has 0 radical (unpaired) electrons. The maximum Gasteiger partial charge on any atom is 0.334 e. The number of carbonyl (C=O) groups excluding carboxylic acids is 1. The van der Waals surface area contributed by atoms with E-state index in [9.17, 15) is 4.79 Å². The van der Waals surface area contributed by atoms with Gasteiger partial charge >= 0.3 is 5.97 Å². The lowest BCUT2D eigenvalue weighted by molar-refractivity contribution is -0.138. The van der Waals surface area contributed by atoms with Gasteiger partial charge < -0.3 is 9.47 Å². The van der Waals surface area contributed by atoms with Gasteiger partial charge in [-0.3, -0.25) is 0 Å². The van der Waals surface area contributed by atoms with Crippen LogP contribution in [0.5, 0.6) is 0 Å². The zero-order valence-corrected chi connectivity index (χ0v) is 14.8. The molecule has 3 atom stereocenters. The Morgan fingerprint density at radius 3 is 2.70 bits per heavy atom. The Morgan fingerprint density at radius 2 is 1.91 bits per heavy atom. The molecule has 0 saturated carbocycles. The van der Waals surface area contributed by atoms with E-state index in [1.54, 1.807) is 0 Å². The average molecular weight is 316 g/mol. The zero-order valence-electron chi connectivity index (χ0n) is 14.8. The fourth-order valence-corrected chi connectivity index (χ4v) is 3.68. The molecule has 0 amide bonds. The summed E-state index contributed by atoms with van der Waals surface area (Å²) in [7, 11) is 0. The smallest absolute Gasteiger partial charge is 0.334 e. The van der Waals surface area contributed by atoms with Crippen LogP contribution >= 0.6 is 0 Å². The first-order chi connectivity index (χ1) is 10.9. The summed E-state index contributed by atoms with van der Waals surface area (Å²) in [5.74, 6) is -0.159. The minimum atomic E-state index is -0.166. The minimum absolute atomic E-state index is 0.0262. The van der Waals surface area contributed by atoms with Crippen LogP contribution in [0.2, 0.25) is 0 Å². The van der Waals surface area contributed by atoms with Crippen LogP contribution in [0.15, 0.2) is 34.4 Å². The summed E-state index contributed by atoms with van der Waals surface area (Å²) in [5.41, 5.74) is 4.72. The molecule has 3 aliphatic rings. The Hall–Kier alpha value is -1.35. The van der Waals surface area contributed by atoms with Crippen molar-refractivity contribution in [1.82, 2.24) is 0 Å². The van der Waals surface area contributed by atoms with Crippen LogP contribution in [0.4, 0.5) is 0 Å². The maximum atomic E-state index is 11.9. The van der Waals surface area contributed by atoms with Gasteiger partial charge in [0.05, 0.1) is 11.7 Å². The molecular weight excluding hydrogens is 288 g/mol. The van der Waals surface area contributed by atoms with Crippen molar-refractivity contribution in [1.29, 1.82) is 0 Å². The number of esters is 1. The van der Waals surface area contributed by atoms with E-state index >= 15 is 0 Å². The highest BCUT2D eigenvalue weighted by molar-refractivity contribution is 5.92. The number of ether oxygens (including phenoxy) is 2. The third-order valence-corrected chi connectivity index (χ3v) is 5.56. The van der Waals surface area contributed by atoms with Crippen LogP contribution in [-0.2, 0) is 14.3 Å².